The molecule has 0 unspecified atom stereocenters. The van der Waals surface area contributed by atoms with E-state index in [0.717, 1.165) is 61.2 Å². The SMILES string of the molecule is Cc1cc(C)c(N(c2ccc(N(c3nc(-c4cccc(-c5ccccc5)c4)nc(-c4cccc5ccccc45)n3)c3ccccc3-c3ccccc3)cc2)c2c(C)cc(C)cc2C)c(C)c1. The Hall–Kier alpha value is -8.15. The van der Waals surface area contributed by atoms with Crippen LogP contribution in [0.5, 0.6) is 0 Å². The predicted molar refractivity (Wildman–Crippen MR) is 277 cm³/mol. The number of benzene rings is 9. The van der Waals surface area contributed by atoms with Crippen molar-refractivity contribution < 1.29 is 0 Å². The van der Waals surface area contributed by atoms with Crippen molar-refractivity contribution in [1.29, 1.82) is 0 Å². The van der Waals surface area contributed by atoms with Gasteiger partial charge in [-0.15, -0.1) is 0 Å². The minimum Gasteiger partial charge on any atom is -0.309 e. The third kappa shape index (κ3) is 8.12. The molecule has 0 saturated carbocycles. The molecule has 0 spiro atoms. The van der Waals surface area contributed by atoms with Crippen LogP contribution in [0, 0.1) is 41.5 Å². The molecule has 1 heterocycles. The van der Waals surface area contributed by atoms with E-state index in [-0.39, 0.29) is 0 Å². The molecular formula is C61H51N5. The number of aryl methyl sites for hydroxylation is 6. The molecule has 10 rings (SSSR count). The Morgan fingerprint density at radius 2 is 0.803 bits per heavy atom. The zero-order valence-corrected chi connectivity index (χ0v) is 38.3. The molecule has 9 aromatic carbocycles. The van der Waals surface area contributed by atoms with Crippen LogP contribution in [0.3, 0.4) is 0 Å². The van der Waals surface area contributed by atoms with Crippen LogP contribution in [0.4, 0.5) is 34.4 Å². The molecule has 0 bridgehead atoms. The van der Waals surface area contributed by atoms with Gasteiger partial charge in [0.25, 0.3) is 0 Å². The van der Waals surface area contributed by atoms with Crippen LogP contribution in [0.2, 0.25) is 0 Å². The lowest BCUT2D eigenvalue weighted by atomic mass is 9.98. The summed E-state index contributed by atoms with van der Waals surface area (Å²) in [4.78, 5) is 20.8. The Bertz CT molecular complexity index is 3270. The second-order valence-electron chi connectivity index (χ2n) is 17.3. The van der Waals surface area contributed by atoms with Gasteiger partial charge in [0.1, 0.15) is 0 Å². The van der Waals surface area contributed by atoms with E-state index in [4.69, 9.17) is 15.0 Å². The van der Waals surface area contributed by atoms with Crippen LogP contribution < -0.4 is 9.80 Å². The molecule has 5 nitrogen and oxygen atoms in total. The summed E-state index contributed by atoms with van der Waals surface area (Å²) in [5.74, 6) is 1.69. The maximum Gasteiger partial charge on any atom is 0.238 e. The van der Waals surface area contributed by atoms with Crippen molar-refractivity contribution in [2.75, 3.05) is 9.80 Å². The number of aromatic nitrogens is 3. The monoisotopic (exact) mass is 853 g/mol. The largest absolute Gasteiger partial charge is 0.309 e. The topological polar surface area (TPSA) is 45.2 Å². The highest BCUT2D eigenvalue weighted by Gasteiger charge is 2.25. The maximum absolute atomic E-state index is 5.46. The van der Waals surface area contributed by atoms with Crippen molar-refractivity contribution in [2.24, 2.45) is 0 Å². The predicted octanol–water partition coefficient (Wildman–Crippen LogP) is 16.5. The summed E-state index contributed by atoms with van der Waals surface area (Å²) in [6.45, 7) is 13.2. The minimum absolute atomic E-state index is 0.511. The fourth-order valence-corrected chi connectivity index (χ4v) is 9.67. The van der Waals surface area contributed by atoms with Crippen LogP contribution in [0.1, 0.15) is 33.4 Å². The van der Waals surface area contributed by atoms with Gasteiger partial charge in [-0.25, -0.2) is 4.98 Å². The standard InChI is InChI=1S/C61H51N5/c1-40-35-42(3)57(43(4)36-40)66(58-44(5)37-41(2)38-45(58)6)52-33-31-51(32-34-52)65(56-30-16-15-28-54(56)48-21-11-8-12-22-48)61-63-59(50-26-17-25-49(39-50)46-19-9-7-10-20-46)62-60(64-61)55-29-18-24-47-23-13-14-27-53(47)55/h7-39H,1-6H3. The first-order valence-electron chi connectivity index (χ1n) is 22.6. The third-order valence-electron chi connectivity index (χ3n) is 12.4. The van der Waals surface area contributed by atoms with Gasteiger partial charge in [0.2, 0.25) is 5.95 Å². The fourth-order valence-electron chi connectivity index (χ4n) is 9.67. The summed E-state index contributed by atoms with van der Waals surface area (Å²) in [5, 5.41) is 2.19. The van der Waals surface area contributed by atoms with E-state index in [1.54, 1.807) is 0 Å². The van der Waals surface area contributed by atoms with Gasteiger partial charge in [-0.3, -0.25) is 4.90 Å². The Morgan fingerprint density at radius 3 is 1.45 bits per heavy atom. The second-order valence-corrected chi connectivity index (χ2v) is 17.3. The third-order valence-corrected chi connectivity index (χ3v) is 12.4. The molecule has 0 fully saturated rings. The number of fused-ring (bicyclic) bond motifs is 1. The summed E-state index contributed by atoms with van der Waals surface area (Å²) in [7, 11) is 0. The molecule has 0 radical (unpaired) electrons. The maximum atomic E-state index is 5.46. The lowest BCUT2D eigenvalue weighted by molar-refractivity contribution is 1.02. The van der Waals surface area contributed by atoms with Gasteiger partial charge in [-0.05, 0) is 128 Å². The van der Waals surface area contributed by atoms with E-state index in [1.807, 2.05) is 6.07 Å². The first kappa shape index (κ1) is 41.8. The van der Waals surface area contributed by atoms with Crippen molar-refractivity contribution in [1.82, 2.24) is 15.0 Å². The molecule has 0 aliphatic rings. The second kappa shape index (κ2) is 17.8. The van der Waals surface area contributed by atoms with Crippen molar-refractivity contribution in [2.45, 2.75) is 41.5 Å². The molecule has 5 heteroatoms. The Kier molecular flexibility index (Phi) is 11.3. The average molecular weight is 854 g/mol. The Labute approximate surface area is 388 Å². The van der Waals surface area contributed by atoms with E-state index in [2.05, 4.69) is 245 Å². The summed E-state index contributed by atoms with van der Waals surface area (Å²) in [6.07, 6.45) is 0. The van der Waals surface area contributed by atoms with Crippen LogP contribution in [0.25, 0.3) is 55.8 Å². The summed E-state index contributed by atoms with van der Waals surface area (Å²) in [5.41, 5.74) is 18.9. The summed E-state index contributed by atoms with van der Waals surface area (Å²) in [6, 6.07) is 70.8. The molecular weight excluding hydrogens is 803 g/mol. The zero-order chi connectivity index (χ0) is 45.3. The Balaban J connectivity index is 1.22. The highest BCUT2D eigenvalue weighted by Crippen LogP contribution is 2.45. The Morgan fingerprint density at radius 1 is 0.333 bits per heavy atom. The van der Waals surface area contributed by atoms with E-state index in [9.17, 15) is 0 Å². The van der Waals surface area contributed by atoms with Crippen LogP contribution in [-0.4, -0.2) is 15.0 Å². The van der Waals surface area contributed by atoms with E-state index < -0.39 is 0 Å². The molecule has 0 aliphatic carbocycles. The number of hydrogen-bond donors (Lipinski definition) is 0. The van der Waals surface area contributed by atoms with Crippen molar-refractivity contribution in [3.8, 4) is 45.0 Å². The van der Waals surface area contributed by atoms with Gasteiger partial charge >= 0.3 is 0 Å². The van der Waals surface area contributed by atoms with Gasteiger partial charge < -0.3 is 4.90 Å². The van der Waals surface area contributed by atoms with Crippen LogP contribution in [0.15, 0.2) is 200 Å². The molecule has 0 N–H and O–H groups in total. The number of hydrogen-bond acceptors (Lipinski definition) is 5. The molecule has 320 valence electrons. The first-order chi connectivity index (χ1) is 32.2. The van der Waals surface area contributed by atoms with Crippen LogP contribution in [-0.2, 0) is 0 Å². The van der Waals surface area contributed by atoms with Gasteiger partial charge in [0, 0.05) is 28.1 Å². The highest BCUT2D eigenvalue weighted by molar-refractivity contribution is 5.96. The van der Waals surface area contributed by atoms with Crippen molar-refractivity contribution in [3.63, 3.8) is 0 Å². The van der Waals surface area contributed by atoms with E-state index >= 15 is 0 Å². The zero-order valence-electron chi connectivity index (χ0n) is 38.3. The molecule has 0 aliphatic heterocycles. The minimum atomic E-state index is 0.511. The fraction of sp³-hybridized carbons (Fsp3) is 0.0984. The van der Waals surface area contributed by atoms with E-state index in [1.165, 1.54) is 44.8 Å². The summed E-state index contributed by atoms with van der Waals surface area (Å²) >= 11 is 0. The van der Waals surface area contributed by atoms with Crippen molar-refractivity contribution >= 4 is 45.2 Å². The van der Waals surface area contributed by atoms with Gasteiger partial charge in [0.15, 0.2) is 11.6 Å². The first-order valence-corrected chi connectivity index (χ1v) is 22.6. The molecule has 0 amide bonds. The van der Waals surface area contributed by atoms with E-state index in [0.29, 0.717) is 17.6 Å². The molecule has 66 heavy (non-hydrogen) atoms. The highest BCUT2D eigenvalue weighted by atomic mass is 15.3. The average Bonchev–Trinajstić information content (AvgIpc) is 3.34. The number of para-hydroxylation sites is 1. The molecule has 1 aromatic heterocycles. The van der Waals surface area contributed by atoms with Gasteiger partial charge in [-0.1, -0.05) is 175 Å². The van der Waals surface area contributed by atoms with Crippen molar-refractivity contribution in [3.05, 3.63) is 234 Å². The quantitative estimate of drug-likeness (QED) is 0.137. The lowest BCUT2D eigenvalue weighted by Crippen LogP contribution is -2.18. The molecule has 0 atom stereocenters. The normalized spacial score (nSPS) is 11.2. The number of anilines is 6. The van der Waals surface area contributed by atoms with Gasteiger partial charge in [-0.2, -0.15) is 9.97 Å². The van der Waals surface area contributed by atoms with Crippen LogP contribution >= 0.6 is 0 Å². The number of rotatable bonds is 10. The number of nitrogens with zero attached hydrogens (tertiary/aromatic N) is 5. The smallest absolute Gasteiger partial charge is 0.238 e. The lowest BCUT2D eigenvalue weighted by Gasteiger charge is -2.32. The summed E-state index contributed by atoms with van der Waals surface area (Å²) < 4.78 is 0. The van der Waals surface area contributed by atoms with Gasteiger partial charge in [0.05, 0.1) is 17.1 Å². The molecule has 0 saturated heterocycles. The molecule has 10 aromatic rings.